The Balaban J connectivity index is 0.00000121. The minimum absolute atomic E-state index is 0. The van der Waals surface area contributed by atoms with Gasteiger partial charge in [-0.15, -0.1) is 0 Å². The van der Waals surface area contributed by atoms with Crippen LogP contribution in [0, 0.1) is 23.2 Å². The number of carboxylic acid groups (broad SMARTS) is 1. The highest BCUT2D eigenvalue weighted by Crippen LogP contribution is 2.27. The number of aliphatic carboxylic acids is 1. The highest BCUT2D eigenvalue weighted by atomic mass is 16.4. The molecule has 0 aromatic heterocycles. The lowest BCUT2D eigenvalue weighted by molar-refractivity contribution is -0.142. The summed E-state index contributed by atoms with van der Waals surface area (Å²) in [6.07, 6.45) is 2.86. The zero-order valence-electron chi connectivity index (χ0n) is 6.99. The molecule has 4 N–H and O–H groups in total. The van der Waals surface area contributed by atoms with Crippen LogP contribution in [0.1, 0.15) is 25.7 Å². The van der Waals surface area contributed by atoms with Crippen molar-refractivity contribution in [3.63, 3.8) is 0 Å². The Labute approximate surface area is 71.8 Å². The lowest BCUT2D eigenvalue weighted by atomic mass is 9.83. The van der Waals surface area contributed by atoms with Gasteiger partial charge in [-0.2, -0.15) is 5.26 Å². The second-order valence-corrected chi connectivity index (χ2v) is 3.02. The van der Waals surface area contributed by atoms with Gasteiger partial charge in [0.05, 0.1) is 12.0 Å². The molecule has 0 spiro atoms. The van der Waals surface area contributed by atoms with E-state index >= 15 is 0 Å². The molecule has 0 bridgehead atoms. The maximum atomic E-state index is 10.5. The third kappa shape index (κ3) is 2.51. The van der Waals surface area contributed by atoms with Crippen molar-refractivity contribution in [1.29, 1.82) is 5.26 Å². The van der Waals surface area contributed by atoms with Gasteiger partial charge in [-0.1, -0.05) is 0 Å². The molecule has 1 rings (SSSR count). The Morgan fingerprint density at radius 3 is 2.17 bits per heavy atom. The van der Waals surface area contributed by atoms with Crippen LogP contribution in [0.5, 0.6) is 0 Å². The lowest BCUT2D eigenvalue weighted by Crippen LogP contribution is -2.20. The van der Waals surface area contributed by atoms with Crippen molar-refractivity contribution >= 4 is 5.97 Å². The second kappa shape index (κ2) is 4.73. The number of hydrogen-bond acceptors (Lipinski definition) is 3. The lowest BCUT2D eigenvalue weighted by Gasteiger charge is -2.20. The number of hydrogen-bond donors (Lipinski definition) is 2. The van der Waals surface area contributed by atoms with Crippen molar-refractivity contribution in [2.75, 3.05) is 0 Å². The molecule has 0 heterocycles. The molecule has 0 saturated heterocycles. The summed E-state index contributed by atoms with van der Waals surface area (Å²) in [5.41, 5.74) is 0. The van der Waals surface area contributed by atoms with E-state index in [1.165, 1.54) is 0 Å². The number of rotatable bonds is 1. The molecular formula is C8H14N2O2. The fraction of sp³-hybridized carbons (Fsp3) is 0.750. The molecule has 68 valence electrons. The minimum atomic E-state index is -0.707. The molecule has 1 aliphatic carbocycles. The fourth-order valence-corrected chi connectivity index (χ4v) is 1.47. The molecule has 0 amide bonds. The molecule has 0 unspecified atom stereocenters. The van der Waals surface area contributed by atoms with Crippen LogP contribution in [0.2, 0.25) is 0 Å². The van der Waals surface area contributed by atoms with Gasteiger partial charge in [0, 0.05) is 5.92 Å². The van der Waals surface area contributed by atoms with Crippen molar-refractivity contribution in [3.05, 3.63) is 0 Å². The third-order valence-corrected chi connectivity index (χ3v) is 2.26. The first-order valence-corrected chi connectivity index (χ1v) is 3.86. The van der Waals surface area contributed by atoms with Crippen LogP contribution in [-0.2, 0) is 4.79 Å². The number of carbonyl (C=O) groups is 1. The summed E-state index contributed by atoms with van der Waals surface area (Å²) in [5.74, 6) is -0.799. The SMILES string of the molecule is N.N#C[C@H]1CC[C@H](C(=O)O)CC1. The van der Waals surface area contributed by atoms with Gasteiger partial charge in [-0.05, 0) is 25.7 Å². The summed E-state index contributed by atoms with van der Waals surface area (Å²) in [7, 11) is 0. The Hall–Kier alpha value is -1.08. The van der Waals surface area contributed by atoms with Crippen LogP contribution in [0.4, 0.5) is 0 Å². The average Bonchev–Trinajstić information content (AvgIpc) is 2.05. The summed E-state index contributed by atoms with van der Waals surface area (Å²) in [6, 6.07) is 2.17. The van der Waals surface area contributed by atoms with Crippen LogP contribution >= 0.6 is 0 Å². The smallest absolute Gasteiger partial charge is 0.306 e. The highest BCUT2D eigenvalue weighted by molar-refractivity contribution is 5.70. The van der Waals surface area contributed by atoms with Gasteiger partial charge >= 0.3 is 5.97 Å². The van der Waals surface area contributed by atoms with Gasteiger partial charge in [0.15, 0.2) is 0 Å². The van der Waals surface area contributed by atoms with Gasteiger partial charge < -0.3 is 11.3 Å². The summed E-state index contributed by atoms with van der Waals surface area (Å²) < 4.78 is 0. The van der Waals surface area contributed by atoms with Crippen LogP contribution in [0.3, 0.4) is 0 Å². The van der Waals surface area contributed by atoms with Crippen molar-refractivity contribution in [2.45, 2.75) is 25.7 Å². The summed E-state index contributed by atoms with van der Waals surface area (Å²) in [6.45, 7) is 0. The van der Waals surface area contributed by atoms with Crippen molar-refractivity contribution < 1.29 is 9.90 Å². The highest BCUT2D eigenvalue weighted by Gasteiger charge is 2.25. The molecule has 0 aromatic rings. The molecule has 4 heteroatoms. The van der Waals surface area contributed by atoms with Crippen LogP contribution < -0.4 is 6.15 Å². The Morgan fingerprint density at radius 2 is 1.83 bits per heavy atom. The summed E-state index contributed by atoms with van der Waals surface area (Å²) >= 11 is 0. The van der Waals surface area contributed by atoms with E-state index < -0.39 is 5.97 Å². The molecule has 1 aliphatic rings. The van der Waals surface area contributed by atoms with Gasteiger partial charge in [0.25, 0.3) is 0 Å². The van der Waals surface area contributed by atoms with E-state index in [0.717, 1.165) is 12.8 Å². The molecule has 0 aromatic carbocycles. The number of carboxylic acids is 1. The van der Waals surface area contributed by atoms with Gasteiger partial charge in [0.2, 0.25) is 0 Å². The molecule has 1 saturated carbocycles. The first kappa shape index (κ1) is 10.9. The zero-order valence-corrected chi connectivity index (χ0v) is 6.99. The van der Waals surface area contributed by atoms with Crippen molar-refractivity contribution in [3.8, 4) is 6.07 Å². The van der Waals surface area contributed by atoms with Crippen molar-refractivity contribution in [1.82, 2.24) is 6.15 Å². The Morgan fingerprint density at radius 1 is 1.33 bits per heavy atom. The maximum Gasteiger partial charge on any atom is 0.306 e. The first-order valence-electron chi connectivity index (χ1n) is 3.86. The predicted octanol–water partition coefficient (Wildman–Crippen LogP) is 1.56. The average molecular weight is 170 g/mol. The van der Waals surface area contributed by atoms with E-state index in [2.05, 4.69) is 6.07 Å². The van der Waals surface area contributed by atoms with Crippen LogP contribution in [0.15, 0.2) is 0 Å². The molecule has 0 radical (unpaired) electrons. The topological polar surface area (TPSA) is 96.1 Å². The van der Waals surface area contributed by atoms with E-state index in [9.17, 15) is 4.79 Å². The number of nitrogens with zero attached hydrogens (tertiary/aromatic N) is 1. The standard InChI is InChI=1S/C8H11NO2.H3N/c9-5-6-1-3-7(4-2-6)8(10)11;/h6-7H,1-4H2,(H,10,11);1H3/t6-,7-;. The normalized spacial score (nSPS) is 28.2. The van der Waals surface area contributed by atoms with Crippen LogP contribution in [-0.4, -0.2) is 11.1 Å². The Kier molecular flexibility index (Phi) is 4.30. The molecule has 1 fully saturated rings. The summed E-state index contributed by atoms with van der Waals surface area (Å²) in [5, 5.41) is 17.1. The zero-order chi connectivity index (χ0) is 8.27. The first-order chi connectivity index (χ1) is 5.24. The van der Waals surface area contributed by atoms with E-state index in [4.69, 9.17) is 10.4 Å². The van der Waals surface area contributed by atoms with Gasteiger partial charge in [-0.25, -0.2) is 0 Å². The Bertz CT molecular complexity index is 190. The van der Waals surface area contributed by atoms with E-state index in [-0.39, 0.29) is 18.0 Å². The second-order valence-electron chi connectivity index (χ2n) is 3.02. The van der Waals surface area contributed by atoms with Gasteiger partial charge in [0.1, 0.15) is 0 Å². The predicted molar refractivity (Wildman–Crippen MR) is 43.7 cm³/mol. The molecular weight excluding hydrogens is 156 g/mol. The molecule has 4 nitrogen and oxygen atoms in total. The molecule has 0 atom stereocenters. The minimum Gasteiger partial charge on any atom is -0.481 e. The maximum absolute atomic E-state index is 10.5. The monoisotopic (exact) mass is 170 g/mol. The molecule has 12 heavy (non-hydrogen) atoms. The van der Waals surface area contributed by atoms with E-state index in [0.29, 0.717) is 12.8 Å². The molecule has 0 aliphatic heterocycles. The largest absolute Gasteiger partial charge is 0.481 e. The fourth-order valence-electron chi connectivity index (χ4n) is 1.47. The third-order valence-electron chi connectivity index (χ3n) is 2.26. The number of nitriles is 1. The van der Waals surface area contributed by atoms with E-state index in [1.54, 1.807) is 0 Å². The summed E-state index contributed by atoms with van der Waals surface area (Å²) in [4.78, 5) is 10.5. The quantitative estimate of drug-likeness (QED) is 0.624. The van der Waals surface area contributed by atoms with Gasteiger partial charge in [-0.3, -0.25) is 4.79 Å². The van der Waals surface area contributed by atoms with Crippen LogP contribution in [0.25, 0.3) is 0 Å². The van der Waals surface area contributed by atoms with E-state index in [1.807, 2.05) is 0 Å². The van der Waals surface area contributed by atoms with Crippen molar-refractivity contribution in [2.24, 2.45) is 11.8 Å².